The average Bonchev–Trinajstić information content (AvgIpc) is 3.18. The van der Waals surface area contributed by atoms with E-state index >= 15 is 0 Å². The van der Waals surface area contributed by atoms with Gasteiger partial charge in [-0.3, -0.25) is 14.5 Å². The smallest absolute Gasteiger partial charge is 0.300 e. The number of hydrogen-bond donors (Lipinski definition) is 1. The van der Waals surface area contributed by atoms with Crippen molar-refractivity contribution in [2.75, 3.05) is 18.6 Å². The van der Waals surface area contributed by atoms with E-state index in [-0.39, 0.29) is 11.3 Å². The number of aliphatic hydroxyl groups is 1. The van der Waals surface area contributed by atoms with Gasteiger partial charge in [0.15, 0.2) is 0 Å². The summed E-state index contributed by atoms with van der Waals surface area (Å²) in [7, 11) is 1.57. The molecule has 3 aromatic carbocycles. The topological polar surface area (TPSA) is 99.9 Å². The molecular weight excluding hydrogens is 468 g/mol. The number of benzene rings is 3. The van der Waals surface area contributed by atoms with Gasteiger partial charge in [-0.15, -0.1) is 0 Å². The third kappa shape index (κ3) is 4.78. The van der Waals surface area contributed by atoms with E-state index in [4.69, 9.17) is 9.47 Å². The van der Waals surface area contributed by atoms with Crippen LogP contribution in [0.1, 0.15) is 47.2 Å². The molecule has 0 spiro atoms. The number of aryl methyl sites for hydroxylation is 2. The zero-order valence-electron chi connectivity index (χ0n) is 21.2. The predicted octanol–water partition coefficient (Wildman–Crippen LogP) is 5.60. The van der Waals surface area contributed by atoms with Gasteiger partial charge in [0.25, 0.3) is 11.7 Å². The van der Waals surface area contributed by atoms with E-state index < -0.39 is 17.7 Å². The molecule has 1 N–H and O–H groups in total. The summed E-state index contributed by atoms with van der Waals surface area (Å²) in [5.41, 5.74) is 3.38. The van der Waals surface area contributed by atoms with Crippen LogP contribution < -0.4 is 14.4 Å². The van der Waals surface area contributed by atoms with Crippen molar-refractivity contribution < 1.29 is 24.2 Å². The molecule has 1 fully saturated rings. The average molecular weight is 497 g/mol. The molecule has 4 rings (SSSR count). The number of ether oxygens (including phenoxy) is 2. The van der Waals surface area contributed by atoms with Crippen LogP contribution in [0, 0.1) is 25.2 Å². The molecule has 7 nitrogen and oxygen atoms in total. The van der Waals surface area contributed by atoms with Gasteiger partial charge >= 0.3 is 0 Å². The number of aliphatic hydroxyl groups excluding tert-OH is 1. The highest BCUT2D eigenvalue weighted by molar-refractivity contribution is 6.51. The second-order valence-corrected chi connectivity index (χ2v) is 8.89. The molecule has 1 heterocycles. The van der Waals surface area contributed by atoms with Crippen molar-refractivity contribution in [3.63, 3.8) is 0 Å². The van der Waals surface area contributed by atoms with Gasteiger partial charge in [0.1, 0.15) is 17.3 Å². The van der Waals surface area contributed by atoms with Gasteiger partial charge in [-0.05, 0) is 85.5 Å². The minimum atomic E-state index is -0.903. The number of anilines is 1. The molecule has 1 saturated heterocycles. The summed E-state index contributed by atoms with van der Waals surface area (Å²) in [4.78, 5) is 28.2. The monoisotopic (exact) mass is 496 g/mol. The summed E-state index contributed by atoms with van der Waals surface area (Å²) in [6.45, 7) is 6.17. The first-order valence-corrected chi connectivity index (χ1v) is 12.0. The van der Waals surface area contributed by atoms with Crippen LogP contribution in [0.15, 0.2) is 66.2 Å². The number of hydrogen-bond acceptors (Lipinski definition) is 6. The molecule has 1 atom stereocenters. The summed E-state index contributed by atoms with van der Waals surface area (Å²) in [5.74, 6) is -0.563. The Morgan fingerprint density at radius 3 is 2.43 bits per heavy atom. The summed E-state index contributed by atoms with van der Waals surface area (Å²) < 4.78 is 11.2. The lowest BCUT2D eigenvalue weighted by Gasteiger charge is -2.26. The Kier molecular flexibility index (Phi) is 7.30. The minimum absolute atomic E-state index is 0.0188. The van der Waals surface area contributed by atoms with Crippen molar-refractivity contribution in [3.05, 3.63) is 94.1 Å². The Labute approximate surface area is 216 Å². The Morgan fingerprint density at radius 1 is 1.05 bits per heavy atom. The van der Waals surface area contributed by atoms with E-state index in [1.807, 2.05) is 26.8 Å². The SMILES string of the molecule is CCCOc1cccc(C2/C(=C(\O)c3cc(C)c(OC)cc3C)C(=O)C(=O)N2c2ccc(C#N)cc2)c1. The maximum atomic E-state index is 13.5. The number of carbonyl (C=O) groups is 2. The van der Waals surface area contributed by atoms with Crippen molar-refractivity contribution in [2.45, 2.75) is 33.2 Å². The fraction of sp³-hybridized carbons (Fsp3) is 0.233. The lowest BCUT2D eigenvalue weighted by atomic mass is 9.93. The second kappa shape index (κ2) is 10.6. The highest BCUT2D eigenvalue weighted by atomic mass is 16.5. The summed E-state index contributed by atoms with van der Waals surface area (Å²) >= 11 is 0. The molecule has 1 unspecified atom stereocenters. The van der Waals surface area contributed by atoms with E-state index in [2.05, 4.69) is 6.07 Å². The van der Waals surface area contributed by atoms with Crippen LogP contribution in [0.3, 0.4) is 0 Å². The standard InChI is InChI=1S/C30H28N2O5/c1-5-13-37-23-8-6-7-21(16-23)27-26(28(33)24-14-19(3)25(36-4)15-18(24)2)29(34)30(35)32(27)22-11-9-20(17-31)10-12-22/h6-12,14-16,27,33H,5,13H2,1-4H3/b28-26+. The molecule has 0 aliphatic carbocycles. The van der Waals surface area contributed by atoms with Gasteiger partial charge in [-0.2, -0.15) is 5.26 Å². The fourth-order valence-corrected chi connectivity index (χ4v) is 4.51. The van der Waals surface area contributed by atoms with E-state index in [9.17, 15) is 20.0 Å². The lowest BCUT2D eigenvalue weighted by Crippen LogP contribution is -2.29. The Bertz CT molecular complexity index is 1430. The van der Waals surface area contributed by atoms with Gasteiger partial charge in [0.2, 0.25) is 0 Å². The number of nitriles is 1. The first-order valence-electron chi connectivity index (χ1n) is 12.0. The van der Waals surface area contributed by atoms with Crippen LogP contribution in [-0.2, 0) is 9.59 Å². The third-order valence-corrected chi connectivity index (χ3v) is 6.36. The Morgan fingerprint density at radius 2 is 1.78 bits per heavy atom. The van der Waals surface area contributed by atoms with Gasteiger partial charge in [-0.25, -0.2) is 0 Å². The van der Waals surface area contributed by atoms with Crippen molar-refractivity contribution in [1.82, 2.24) is 0 Å². The summed E-state index contributed by atoms with van der Waals surface area (Å²) in [5, 5.41) is 20.7. The normalized spacial score (nSPS) is 16.5. The van der Waals surface area contributed by atoms with Crippen LogP contribution in [0.2, 0.25) is 0 Å². The van der Waals surface area contributed by atoms with Crippen LogP contribution >= 0.6 is 0 Å². The van der Waals surface area contributed by atoms with Gasteiger partial charge in [-0.1, -0.05) is 19.1 Å². The third-order valence-electron chi connectivity index (χ3n) is 6.36. The van der Waals surface area contributed by atoms with Crippen molar-refractivity contribution >= 4 is 23.1 Å². The lowest BCUT2D eigenvalue weighted by molar-refractivity contribution is -0.132. The fourth-order valence-electron chi connectivity index (χ4n) is 4.51. The largest absolute Gasteiger partial charge is 0.507 e. The molecule has 0 saturated carbocycles. The van der Waals surface area contributed by atoms with Crippen LogP contribution in [0.5, 0.6) is 11.5 Å². The second-order valence-electron chi connectivity index (χ2n) is 8.89. The van der Waals surface area contributed by atoms with Crippen LogP contribution in [0.4, 0.5) is 5.69 Å². The van der Waals surface area contributed by atoms with Crippen molar-refractivity contribution in [1.29, 1.82) is 5.26 Å². The van der Waals surface area contributed by atoms with Gasteiger partial charge < -0.3 is 14.6 Å². The van der Waals surface area contributed by atoms with E-state index in [0.29, 0.717) is 46.0 Å². The maximum Gasteiger partial charge on any atom is 0.300 e. The Hall–Kier alpha value is -4.57. The Balaban J connectivity index is 1.94. The zero-order chi connectivity index (χ0) is 26.7. The van der Waals surface area contributed by atoms with Crippen LogP contribution in [0.25, 0.3) is 5.76 Å². The molecule has 1 aliphatic heterocycles. The number of nitrogens with zero attached hydrogens (tertiary/aromatic N) is 2. The van der Waals surface area contributed by atoms with Gasteiger partial charge in [0, 0.05) is 11.3 Å². The minimum Gasteiger partial charge on any atom is -0.507 e. The molecule has 0 bridgehead atoms. The van der Waals surface area contributed by atoms with E-state index in [1.54, 1.807) is 61.7 Å². The van der Waals surface area contributed by atoms with Crippen molar-refractivity contribution in [3.8, 4) is 17.6 Å². The number of rotatable bonds is 7. The van der Waals surface area contributed by atoms with E-state index in [0.717, 1.165) is 12.0 Å². The first kappa shape index (κ1) is 25.5. The van der Waals surface area contributed by atoms with E-state index in [1.165, 1.54) is 4.90 Å². The number of methoxy groups -OCH3 is 1. The molecule has 188 valence electrons. The number of carbonyl (C=O) groups excluding carboxylic acids is 2. The number of amides is 1. The van der Waals surface area contributed by atoms with Crippen LogP contribution in [-0.4, -0.2) is 30.5 Å². The zero-order valence-corrected chi connectivity index (χ0v) is 21.2. The molecule has 7 heteroatoms. The molecule has 1 amide bonds. The highest BCUT2D eigenvalue weighted by Crippen LogP contribution is 2.43. The highest BCUT2D eigenvalue weighted by Gasteiger charge is 2.47. The molecule has 0 aromatic heterocycles. The molecule has 0 radical (unpaired) electrons. The quantitative estimate of drug-likeness (QED) is 0.260. The van der Waals surface area contributed by atoms with Crippen molar-refractivity contribution in [2.24, 2.45) is 0 Å². The summed E-state index contributed by atoms with van der Waals surface area (Å²) in [6.07, 6.45) is 0.823. The molecule has 1 aliphatic rings. The predicted molar refractivity (Wildman–Crippen MR) is 141 cm³/mol. The molecule has 37 heavy (non-hydrogen) atoms. The maximum absolute atomic E-state index is 13.5. The molecular formula is C30H28N2O5. The number of Topliss-reactive ketones (excluding diaryl/α,β-unsaturated/α-hetero) is 1. The summed E-state index contributed by atoms with van der Waals surface area (Å²) in [6, 6.07) is 18.3. The van der Waals surface area contributed by atoms with Gasteiger partial charge in [0.05, 0.1) is 37.0 Å². The number of ketones is 1. The molecule has 3 aromatic rings. The first-order chi connectivity index (χ1) is 17.8.